The Morgan fingerprint density at radius 2 is 1.90 bits per heavy atom. The van der Waals surface area contributed by atoms with Gasteiger partial charge in [-0.2, -0.15) is 0 Å². The van der Waals surface area contributed by atoms with E-state index in [1.54, 1.807) is 23.1 Å². The van der Waals surface area contributed by atoms with E-state index < -0.39 is 0 Å². The molecule has 0 saturated carbocycles. The number of rotatable bonds is 6. The summed E-state index contributed by atoms with van der Waals surface area (Å²) >= 11 is 3.32. The average Bonchev–Trinajstić information content (AvgIpc) is 3.51. The maximum atomic E-state index is 5.49. The Labute approximate surface area is 176 Å². The topological polar surface area (TPSA) is 62.1 Å². The molecule has 0 unspecified atom stereocenters. The highest BCUT2D eigenvalue weighted by atomic mass is 32.2. The fraction of sp³-hybridized carbons (Fsp3) is 0.190. The van der Waals surface area contributed by atoms with E-state index in [2.05, 4.69) is 39.2 Å². The summed E-state index contributed by atoms with van der Waals surface area (Å²) in [7, 11) is 0. The predicted octanol–water partition coefficient (Wildman–Crippen LogP) is 5.11. The molecular weight excluding hydrogens is 404 g/mol. The summed E-state index contributed by atoms with van der Waals surface area (Å²) in [5.41, 5.74) is 3.17. The lowest BCUT2D eigenvalue weighted by Crippen LogP contribution is -2.00. The van der Waals surface area contributed by atoms with E-state index >= 15 is 0 Å². The lowest BCUT2D eigenvalue weighted by atomic mass is 10.2. The van der Waals surface area contributed by atoms with Crippen molar-refractivity contribution in [1.82, 2.24) is 19.7 Å². The molecule has 0 radical (unpaired) electrons. The minimum Gasteiger partial charge on any atom is -0.454 e. The summed E-state index contributed by atoms with van der Waals surface area (Å²) < 4.78 is 13.0. The Morgan fingerprint density at radius 3 is 2.76 bits per heavy atom. The van der Waals surface area contributed by atoms with Crippen molar-refractivity contribution in [2.45, 2.75) is 24.4 Å². The number of ether oxygens (including phenoxy) is 2. The largest absolute Gasteiger partial charge is 0.454 e. The van der Waals surface area contributed by atoms with Crippen LogP contribution < -0.4 is 9.47 Å². The number of aromatic nitrogens is 4. The fourth-order valence-electron chi connectivity index (χ4n) is 3.15. The van der Waals surface area contributed by atoms with Crippen molar-refractivity contribution in [3.63, 3.8) is 0 Å². The molecule has 3 heterocycles. The highest BCUT2D eigenvalue weighted by Crippen LogP contribution is 2.36. The van der Waals surface area contributed by atoms with Crippen molar-refractivity contribution in [3.8, 4) is 33.5 Å². The third-order valence-electron chi connectivity index (χ3n) is 4.59. The quantitative estimate of drug-likeness (QED) is 0.403. The van der Waals surface area contributed by atoms with Gasteiger partial charge in [0.15, 0.2) is 22.5 Å². The van der Waals surface area contributed by atoms with Gasteiger partial charge in [0.05, 0.1) is 5.69 Å². The van der Waals surface area contributed by atoms with Crippen LogP contribution in [0.2, 0.25) is 0 Å². The molecule has 0 atom stereocenters. The van der Waals surface area contributed by atoms with Crippen LogP contribution >= 0.6 is 23.1 Å². The third-order valence-corrected chi connectivity index (χ3v) is 6.53. The van der Waals surface area contributed by atoms with E-state index in [0.717, 1.165) is 56.6 Å². The lowest BCUT2D eigenvalue weighted by Gasteiger charge is -2.07. The highest BCUT2D eigenvalue weighted by molar-refractivity contribution is 7.98. The maximum Gasteiger partial charge on any atom is 0.231 e. The molecule has 1 aliphatic heterocycles. The van der Waals surface area contributed by atoms with Gasteiger partial charge in [-0.1, -0.05) is 42.1 Å². The van der Waals surface area contributed by atoms with Gasteiger partial charge in [0.2, 0.25) is 6.79 Å². The normalized spacial score (nSPS) is 12.4. The van der Waals surface area contributed by atoms with Gasteiger partial charge < -0.3 is 14.0 Å². The summed E-state index contributed by atoms with van der Waals surface area (Å²) in [5, 5.41) is 12.9. The van der Waals surface area contributed by atoms with Crippen LogP contribution in [0.3, 0.4) is 0 Å². The number of fused-ring (bicyclic) bond motifs is 1. The zero-order valence-corrected chi connectivity index (χ0v) is 17.4. The van der Waals surface area contributed by atoms with E-state index in [1.165, 1.54) is 0 Å². The molecule has 0 amide bonds. The average molecular weight is 423 g/mol. The second-order valence-electron chi connectivity index (χ2n) is 6.42. The Hall–Kier alpha value is -2.84. The van der Waals surface area contributed by atoms with Crippen LogP contribution in [0.1, 0.15) is 12.6 Å². The Bertz CT molecular complexity index is 1140. The third kappa shape index (κ3) is 3.61. The van der Waals surface area contributed by atoms with E-state index in [9.17, 15) is 0 Å². The predicted molar refractivity (Wildman–Crippen MR) is 114 cm³/mol. The molecule has 2 aromatic heterocycles. The molecule has 0 saturated heterocycles. The molecule has 8 heteroatoms. The molecule has 29 heavy (non-hydrogen) atoms. The van der Waals surface area contributed by atoms with Gasteiger partial charge in [-0.25, -0.2) is 4.98 Å². The number of hydrogen-bond acceptors (Lipinski definition) is 7. The van der Waals surface area contributed by atoms with Crippen LogP contribution in [-0.4, -0.2) is 26.5 Å². The molecule has 0 aliphatic carbocycles. The first-order valence-corrected chi connectivity index (χ1v) is 11.1. The second-order valence-corrected chi connectivity index (χ2v) is 8.22. The van der Waals surface area contributed by atoms with Crippen molar-refractivity contribution < 1.29 is 9.47 Å². The molecule has 5 rings (SSSR count). The second kappa shape index (κ2) is 7.88. The summed E-state index contributed by atoms with van der Waals surface area (Å²) in [5.74, 6) is 3.10. The van der Waals surface area contributed by atoms with Gasteiger partial charge >= 0.3 is 0 Å². The van der Waals surface area contributed by atoms with E-state index in [1.807, 2.05) is 36.4 Å². The molecule has 146 valence electrons. The van der Waals surface area contributed by atoms with Gasteiger partial charge in [-0.05, 0) is 25.1 Å². The molecule has 0 fully saturated rings. The van der Waals surface area contributed by atoms with Gasteiger partial charge in [0.1, 0.15) is 5.01 Å². The van der Waals surface area contributed by atoms with Crippen molar-refractivity contribution in [2.24, 2.45) is 0 Å². The van der Waals surface area contributed by atoms with Crippen LogP contribution in [0.25, 0.3) is 22.0 Å². The van der Waals surface area contributed by atoms with Gasteiger partial charge in [-0.3, -0.25) is 0 Å². The van der Waals surface area contributed by atoms with Gasteiger partial charge in [-0.15, -0.1) is 21.5 Å². The first-order chi connectivity index (χ1) is 14.3. The molecule has 0 bridgehead atoms. The number of nitrogens with zero attached hydrogens (tertiary/aromatic N) is 4. The Balaban J connectivity index is 1.34. The van der Waals surface area contributed by atoms with E-state index in [-0.39, 0.29) is 6.79 Å². The smallest absolute Gasteiger partial charge is 0.231 e. The van der Waals surface area contributed by atoms with Crippen molar-refractivity contribution in [2.75, 3.05) is 6.79 Å². The zero-order chi connectivity index (χ0) is 19.6. The molecule has 0 spiro atoms. The zero-order valence-electron chi connectivity index (χ0n) is 15.7. The van der Waals surface area contributed by atoms with Crippen molar-refractivity contribution in [1.29, 1.82) is 0 Å². The molecule has 4 aromatic rings. The minimum absolute atomic E-state index is 0.263. The van der Waals surface area contributed by atoms with Crippen LogP contribution in [0, 0.1) is 0 Å². The minimum atomic E-state index is 0.263. The van der Waals surface area contributed by atoms with Gasteiger partial charge in [0, 0.05) is 28.8 Å². The molecule has 6 nitrogen and oxygen atoms in total. The van der Waals surface area contributed by atoms with E-state index in [0.29, 0.717) is 0 Å². The standard InChI is InChI=1S/C21H18N4O2S2/c1-2-25-19(15-8-9-17-18(10-15)27-13-26-17)23-24-21(25)29-12-16-11-28-20(22-16)14-6-4-3-5-7-14/h3-11H,2,12-13H2,1H3. The maximum absolute atomic E-state index is 5.49. The summed E-state index contributed by atoms with van der Waals surface area (Å²) in [6, 6.07) is 16.1. The number of benzene rings is 2. The first kappa shape index (κ1) is 18.2. The number of thioether (sulfide) groups is 1. The first-order valence-electron chi connectivity index (χ1n) is 9.27. The van der Waals surface area contributed by atoms with Crippen LogP contribution in [0.4, 0.5) is 0 Å². The van der Waals surface area contributed by atoms with Crippen molar-refractivity contribution >= 4 is 23.1 Å². The lowest BCUT2D eigenvalue weighted by molar-refractivity contribution is 0.174. The summed E-state index contributed by atoms with van der Waals surface area (Å²) in [6.07, 6.45) is 0. The van der Waals surface area contributed by atoms with Crippen LogP contribution in [0.15, 0.2) is 59.1 Å². The van der Waals surface area contributed by atoms with Crippen molar-refractivity contribution in [3.05, 3.63) is 59.6 Å². The summed E-state index contributed by atoms with van der Waals surface area (Å²) in [6.45, 7) is 3.14. The molecule has 0 N–H and O–H groups in total. The van der Waals surface area contributed by atoms with Crippen LogP contribution in [0.5, 0.6) is 11.5 Å². The SMILES string of the molecule is CCn1c(SCc2csc(-c3ccccc3)n2)nnc1-c1ccc2c(c1)OCO2. The molecule has 1 aliphatic rings. The summed E-state index contributed by atoms with van der Waals surface area (Å²) in [4.78, 5) is 4.77. The Morgan fingerprint density at radius 1 is 1.03 bits per heavy atom. The monoisotopic (exact) mass is 422 g/mol. The number of thiazole rings is 1. The number of hydrogen-bond donors (Lipinski definition) is 0. The van der Waals surface area contributed by atoms with Gasteiger partial charge in [0.25, 0.3) is 0 Å². The van der Waals surface area contributed by atoms with Crippen LogP contribution in [-0.2, 0) is 12.3 Å². The van der Waals surface area contributed by atoms with E-state index in [4.69, 9.17) is 14.5 Å². The molecule has 2 aromatic carbocycles. The molecular formula is C21H18N4O2S2. The Kier molecular flexibility index (Phi) is 4.95. The highest BCUT2D eigenvalue weighted by Gasteiger charge is 2.18. The fourth-order valence-corrected chi connectivity index (χ4v) is 4.98.